The average molecular weight is 310 g/mol. The lowest BCUT2D eigenvalue weighted by atomic mass is 9.56. The van der Waals surface area contributed by atoms with Gasteiger partial charge in [0.1, 0.15) is 0 Å². The first-order valence-electron chi connectivity index (χ1n) is 9.24. The zero-order valence-electron chi connectivity index (χ0n) is 15.4. The van der Waals surface area contributed by atoms with E-state index in [0.717, 1.165) is 6.42 Å². The Hall–Kier alpha value is -1.08. The number of methoxy groups -OCH3 is 1. The van der Waals surface area contributed by atoms with E-state index in [0.29, 0.717) is 11.5 Å². The Balaban J connectivity index is 1.88. The summed E-state index contributed by atoms with van der Waals surface area (Å²) in [4.78, 5) is 0. The highest BCUT2D eigenvalue weighted by Gasteiger charge is 2.50. The minimum atomic E-state index is 0.267. The number of hydrogen-bond acceptors (Lipinski definition) is 1. The fourth-order valence-corrected chi connectivity index (χ4v) is 5.78. The lowest BCUT2D eigenvalue weighted by Crippen LogP contribution is -2.38. The summed E-state index contributed by atoms with van der Waals surface area (Å²) in [6, 6.07) is 4.77. The van der Waals surface area contributed by atoms with E-state index < -0.39 is 0 Å². The third-order valence-corrected chi connectivity index (χ3v) is 7.47. The first kappa shape index (κ1) is 15.4. The molecular weight excluding hydrogens is 280 g/mol. The van der Waals surface area contributed by atoms with Gasteiger partial charge >= 0.3 is 0 Å². The average Bonchev–Trinajstić information content (AvgIpc) is 2.88. The molecule has 3 aliphatic carbocycles. The van der Waals surface area contributed by atoms with Crippen LogP contribution in [-0.2, 0) is 16.6 Å². The first-order chi connectivity index (χ1) is 10.9. The number of allylic oxidation sites excluding steroid dienone is 1. The maximum Gasteiger partial charge on any atom is 0.0617 e. The molecule has 1 saturated carbocycles. The summed E-state index contributed by atoms with van der Waals surface area (Å²) in [5, 5.41) is 0. The van der Waals surface area contributed by atoms with Gasteiger partial charge in [-0.3, -0.25) is 0 Å². The molecule has 0 aromatic heterocycles. The minimum Gasteiger partial charge on any atom is -0.381 e. The minimum absolute atomic E-state index is 0.267. The van der Waals surface area contributed by atoms with E-state index in [4.69, 9.17) is 4.74 Å². The van der Waals surface area contributed by atoms with Crippen LogP contribution in [0, 0.1) is 19.3 Å². The van der Waals surface area contributed by atoms with Gasteiger partial charge in [-0.15, -0.1) is 0 Å². The van der Waals surface area contributed by atoms with Crippen LogP contribution >= 0.6 is 0 Å². The fourth-order valence-electron chi connectivity index (χ4n) is 5.78. The van der Waals surface area contributed by atoms with Gasteiger partial charge in [0, 0.05) is 12.5 Å². The molecule has 0 heterocycles. The van der Waals surface area contributed by atoms with Crippen LogP contribution in [0.2, 0.25) is 0 Å². The molecule has 0 unspecified atom stereocenters. The molecule has 1 aromatic carbocycles. The van der Waals surface area contributed by atoms with Crippen molar-refractivity contribution in [2.45, 2.75) is 77.7 Å². The quantitative estimate of drug-likeness (QED) is 0.630. The number of ether oxygens (including phenoxy) is 1. The van der Waals surface area contributed by atoms with Crippen LogP contribution in [0.5, 0.6) is 0 Å². The van der Waals surface area contributed by atoms with Gasteiger partial charge < -0.3 is 4.74 Å². The molecular formula is C22H30O. The number of rotatable bonds is 1. The largest absolute Gasteiger partial charge is 0.381 e. The summed E-state index contributed by atoms with van der Waals surface area (Å²) in [6.07, 6.45) is 7.92. The van der Waals surface area contributed by atoms with E-state index >= 15 is 0 Å². The van der Waals surface area contributed by atoms with Gasteiger partial charge in [-0.2, -0.15) is 0 Å². The van der Waals surface area contributed by atoms with Gasteiger partial charge in [0.25, 0.3) is 0 Å². The first-order valence-corrected chi connectivity index (χ1v) is 9.24. The Morgan fingerprint density at radius 1 is 1.04 bits per heavy atom. The second kappa shape index (κ2) is 4.96. The van der Waals surface area contributed by atoms with E-state index in [2.05, 4.69) is 39.8 Å². The molecule has 23 heavy (non-hydrogen) atoms. The summed E-state index contributed by atoms with van der Waals surface area (Å²) in [5.74, 6) is 0. The lowest BCUT2D eigenvalue weighted by Gasteiger charge is -2.48. The molecule has 0 aliphatic heterocycles. The summed E-state index contributed by atoms with van der Waals surface area (Å²) in [6.45, 7) is 9.58. The van der Waals surface area contributed by atoms with E-state index in [-0.39, 0.29) is 5.41 Å². The van der Waals surface area contributed by atoms with Gasteiger partial charge in [0.2, 0.25) is 0 Å². The fraction of sp³-hybridized carbons (Fsp3) is 0.636. The number of benzene rings is 1. The van der Waals surface area contributed by atoms with Gasteiger partial charge in [0.15, 0.2) is 0 Å². The highest BCUT2D eigenvalue weighted by Crippen LogP contribution is 2.60. The number of hydrogen-bond donors (Lipinski definition) is 0. The molecule has 4 rings (SSSR count). The van der Waals surface area contributed by atoms with Crippen molar-refractivity contribution >= 4 is 0 Å². The molecule has 1 heteroatoms. The Labute approximate surface area is 141 Å². The maximum atomic E-state index is 5.75. The predicted molar refractivity (Wildman–Crippen MR) is 96.0 cm³/mol. The van der Waals surface area contributed by atoms with Crippen LogP contribution in [0.1, 0.15) is 68.2 Å². The Morgan fingerprint density at radius 3 is 2.57 bits per heavy atom. The van der Waals surface area contributed by atoms with Gasteiger partial charge in [-0.1, -0.05) is 37.1 Å². The Bertz CT molecular complexity index is 698. The monoisotopic (exact) mass is 310 g/mol. The van der Waals surface area contributed by atoms with Crippen molar-refractivity contribution in [2.75, 3.05) is 7.11 Å². The molecule has 0 N–H and O–H groups in total. The highest BCUT2D eigenvalue weighted by atomic mass is 16.5. The van der Waals surface area contributed by atoms with E-state index in [9.17, 15) is 0 Å². The Kier molecular flexibility index (Phi) is 3.33. The third kappa shape index (κ3) is 2.02. The number of fused-ring (bicyclic) bond motifs is 4. The lowest BCUT2D eigenvalue weighted by molar-refractivity contribution is 0.0947. The van der Waals surface area contributed by atoms with Crippen molar-refractivity contribution in [3.8, 4) is 0 Å². The second-order valence-corrected chi connectivity index (χ2v) is 8.65. The van der Waals surface area contributed by atoms with E-state index in [1.54, 1.807) is 22.3 Å². The van der Waals surface area contributed by atoms with Crippen molar-refractivity contribution < 1.29 is 4.74 Å². The maximum absolute atomic E-state index is 5.75. The number of aryl methyl sites for hydroxylation is 1. The van der Waals surface area contributed by atoms with Gasteiger partial charge in [0.05, 0.1) is 6.10 Å². The highest BCUT2D eigenvalue weighted by molar-refractivity contribution is 5.54. The normalized spacial score (nSPS) is 35.8. The molecule has 1 nitrogen and oxygen atoms in total. The summed E-state index contributed by atoms with van der Waals surface area (Å²) < 4.78 is 5.75. The molecule has 1 fully saturated rings. The van der Waals surface area contributed by atoms with Crippen LogP contribution in [0.3, 0.4) is 0 Å². The van der Waals surface area contributed by atoms with Crippen molar-refractivity contribution in [1.29, 1.82) is 0 Å². The van der Waals surface area contributed by atoms with Crippen molar-refractivity contribution in [3.05, 3.63) is 45.5 Å². The zero-order valence-corrected chi connectivity index (χ0v) is 15.4. The van der Waals surface area contributed by atoms with Crippen molar-refractivity contribution in [1.82, 2.24) is 0 Å². The zero-order chi connectivity index (χ0) is 16.4. The molecule has 0 amide bonds. The van der Waals surface area contributed by atoms with Crippen LogP contribution in [0.4, 0.5) is 0 Å². The van der Waals surface area contributed by atoms with Crippen LogP contribution in [0.25, 0.3) is 0 Å². The molecule has 0 radical (unpaired) electrons. The summed E-state index contributed by atoms with van der Waals surface area (Å²) in [5.41, 5.74) is 10.4. The molecule has 3 aliphatic rings. The summed E-state index contributed by atoms with van der Waals surface area (Å²) >= 11 is 0. The molecule has 124 valence electrons. The van der Waals surface area contributed by atoms with Crippen molar-refractivity contribution in [2.24, 2.45) is 5.41 Å². The predicted octanol–water partition coefficient (Wildman–Crippen LogP) is 5.41. The van der Waals surface area contributed by atoms with E-state index in [1.807, 2.05) is 7.11 Å². The second-order valence-electron chi connectivity index (χ2n) is 8.65. The van der Waals surface area contributed by atoms with Crippen LogP contribution < -0.4 is 0 Å². The SMILES string of the molecule is CO[C@H]1CC2=C3CCc4c(ccc(C)c4C)[C@]3(C)CC[C@@]2(C)C1. The molecule has 0 saturated heterocycles. The van der Waals surface area contributed by atoms with Crippen LogP contribution in [-0.4, -0.2) is 13.2 Å². The van der Waals surface area contributed by atoms with E-state index in [1.165, 1.54) is 43.2 Å². The third-order valence-electron chi connectivity index (χ3n) is 7.47. The summed E-state index contributed by atoms with van der Waals surface area (Å²) in [7, 11) is 1.89. The van der Waals surface area contributed by atoms with Gasteiger partial charge in [-0.25, -0.2) is 0 Å². The molecule has 3 atom stereocenters. The standard InChI is InChI=1S/C22H30O/c1-14-6-8-18-17(15(14)2)7-9-19-20-12-16(23-5)13-21(20,3)10-11-22(18,19)4/h6,8,16H,7,9-13H2,1-5H3/t16-,21-,22-/m0/s1. The van der Waals surface area contributed by atoms with Gasteiger partial charge in [-0.05, 0) is 80.0 Å². The molecule has 1 aromatic rings. The van der Waals surface area contributed by atoms with Crippen molar-refractivity contribution in [3.63, 3.8) is 0 Å². The Morgan fingerprint density at radius 2 is 1.83 bits per heavy atom. The molecule has 0 spiro atoms. The smallest absolute Gasteiger partial charge is 0.0617 e. The topological polar surface area (TPSA) is 9.23 Å². The molecule has 0 bridgehead atoms. The van der Waals surface area contributed by atoms with Crippen LogP contribution in [0.15, 0.2) is 23.3 Å².